The maximum absolute atomic E-state index is 13.0. The fourth-order valence-electron chi connectivity index (χ4n) is 6.34. The first kappa shape index (κ1) is 50.8. The summed E-state index contributed by atoms with van der Waals surface area (Å²) in [5.41, 5.74) is 0. The minimum absolute atomic E-state index is 0.0136. The van der Waals surface area contributed by atoms with Gasteiger partial charge < -0.3 is 35.6 Å². The fraction of sp³-hybridized carbons (Fsp3) is 0.757. The Hall–Kier alpha value is -4.38. The maximum atomic E-state index is 13.0. The van der Waals surface area contributed by atoms with E-state index in [1.807, 2.05) is 13.8 Å². The van der Waals surface area contributed by atoms with Crippen molar-refractivity contribution < 1.29 is 62.8 Å². The average molecular weight is 859 g/mol. The van der Waals surface area contributed by atoms with Gasteiger partial charge in [-0.2, -0.15) is 0 Å². The van der Waals surface area contributed by atoms with Gasteiger partial charge in [-0.3, -0.25) is 67.7 Å². The Balaban J connectivity index is 1.84. The van der Waals surface area contributed by atoms with Crippen molar-refractivity contribution in [1.29, 1.82) is 0 Å². The number of unbranched alkanes of at least 4 members (excludes halogenated alkanes) is 2. The lowest BCUT2D eigenvalue weighted by Gasteiger charge is -2.35. The molecular weight excluding hydrogens is 797 g/mol. The number of aliphatic carboxylic acids is 2. The molecule has 0 aliphatic carbocycles. The molecule has 22 heteroatoms. The second-order valence-corrected chi connectivity index (χ2v) is 15.8. The number of imide groups is 1. The van der Waals surface area contributed by atoms with Crippen LogP contribution in [-0.2, 0) is 52.6 Å². The van der Waals surface area contributed by atoms with E-state index in [2.05, 4.69) is 16.0 Å². The Morgan fingerprint density at radius 3 is 1.88 bits per heavy atom. The summed E-state index contributed by atoms with van der Waals surface area (Å²) in [5, 5.41) is 27.4. The summed E-state index contributed by atoms with van der Waals surface area (Å²) in [7, 11) is 0. The molecule has 5 amide bonds. The van der Waals surface area contributed by atoms with Gasteiger partial charge in [0, 0.05) is 109 Å². The quantitative estimate of drug-likeness (QED) is 0.0347. The van der Waals surface area contributed by atoms with Gasteiger partial charge in [0.25, 0.3) is 12.9 Å². The lowest BCUT2D eigenvalue weighted by molar-refractivity contribution is -0.145. The smallest absolute Gasteiger partial charge is 0.320 e. The summed E-state index contributed by atoms with van der Waals surface area (Å²) in [6, 6.07) is -1.13. The van der Waals surface area contributed by atoms with Crippen LogP contribution in [0.1, 0.15) is 58.8 Å². The summed E-state index contributed by atoms with van der Waals surface area (Å²) >= 11 is 1.23. The highest BCUT2D eigenvalue weighted by molar-refractivity contribution is 8.00. The van der Waals surface area contributed by atoms with Gasteiger partial charge in [0.15, 0.2) is 0 Å². The van der Waals surface area contributed by atoms with Crippen LogP contribution in [0.3, 0.4) is 0 Å². The van der Waals surface area contributed by atoms with Crippen molar-refractivity contribution >= 4 is 66.2 Å². The molecule has 2 unspecified atom stereocenters. The average Bonchev–Trinajstić information content (AvgIpc) is 3.45. The predicted octanol–water partition coefficient (Wildman–Crippen LogP) is -1.79. The van der Waals surface area contributed by atoms with Crippen LogP contribution in [0.15, 0.2) is 0 Å². The van der Waals surface area contributed by atoms with Crippen molar-refractivity contribution in [2.45, 2.75) is 70.1 Å². The monoisotopic (exact) mass is 858 g/mol. The zero-order valence-corrected chi connectivity index (χ0v) is 35.0. The topological polar surface area (TPSA) is 265 Å². The molecule has 2 fully saturated rings. The van der Waals surface area contributed by atoms with Gasteiger partial charge in [-0.25, -0.2) is 0 Å². The van der Waals surface area contributed by atoms with Crippen molar-refractivity contribution in [2.75, 3.05) is 104 Å². The number of likely N-dealkylation sites (tertiary alicyclic amines) is 1. The van der Waals surface area contributed by atoms with E-state index in [0.29, 0.717) is 51.4 Å². The third-order valence-corrected chi connectivity index (χ3v) is 11.0. The van der Waals surface area contributed by atoms with E-state index in [9.17, 15) is 53.4 Å². The van der Waals surface area contributed by atoms with Crippen LogP contribution in [0.2, 0.25) is 0 Å². The zero-order chi connectivity index (χ0) is 43.6. The molecular formula is C37H62N8O13S. The molecule has 2 rings (SSSR count). The first-order valence-corrected chi connectivity index (χ1v) is 21.0. The first-order chi connectivity index (χ1) is 28.2. The standard InChI is InChI=1S/C37H62N8O13S/c1-28(2)35(53)40-10-5-3-4-9-38-32(49)8-21-59-30-22-33(50)45(36(30)54)12-11-39-31(48)7-6-29(37(55)56)44-19-17-41(23-34(51)52)13-14-42(24-57-26-46)15-16-43(18-20-44)25-58-27-47/h26-30H,3-25H2,1-2H3,(H,38,49)(H,39,48)(H,40,53)(H,51,52)(H,55,56). The summed E-state index contributed by atoms with van der Waals surface area (Å²) in [4.78, 5) is 116. The van der Waals surface area contributed by atoms with Crippen molar-refractivity contribution in [3.8, 4) is 0 Å². The Morgan fingerprint density at radius 2 is 1.31 bits per heavy atom. The minimum atomic E-state index is -1.18. The number of hydrogen-bond donors (Lipinski definition) is 5. The molecule has 0 aromatic carbocycles. The second kappa shape index (κ2) is 28.9. The highest BCUT2D eigenvalue weighted by Gasteiger charge is 2.38. The number of nitrogens with one attached hydrogen (secondary N) is 3. The maximum Gasteiger partial charge on any atom is 0.320 e. The van der Waals surface area contributed by atoms with Crippen LogP contribution in [0.5, 0.6) is 0 Å². The molecule has 0 aromatic rings. The normalized spacial score (nSPS) is 18.4. The number of carbonyl (C=O) groups excluding carboxylic acids is 7. The Bertz CT molecular complexity index is 1390. The van der Waals surface area contributed by atoms with Crippen molar-refractivity contribution in [1.82, 2.24) is 40.4 Å². The molecule has 59 heavy (non-hydrogen) atoms. The van der Waals surface area contributed by atoms with E-state index in [1.165, 1.54) is 11.8 Å². The zero-order valence-electron chi connectivity index (χ0n) is 34.2. The molecule has 0 aromatic heterocycles. The number of nitrogens with zero attached hydrogens (tertiary/aromatic N) is 5. The van der Waals surface area contributed by atoms with Gasteiger partial charge in [-0.1, -0.05) is 13.8 Å². The van der Waals surface area contributed by atoms with E-state index < -0.39 is 35.0 Å². The molecule has 2 aliphatic heterocycles. The van der Waals surface area contributed by atoms with Gasteiger partial charge >= 0.3 is 11.9 Å². The first-order valence-electron chi connectivity index (χ1n) is 20.0. The van der Waals surface area contributed by atoms with Gasteiger partial charge in [0.05, 0.1) is 11.8 Å². The lowest BCUT2D eigenvalue weighted by Crippen LogP contribution is -2.51. The van der Waals surface area contributed by atoms with E-state index in [4.69, 9.17) is 9.47 Å². The van der Waals surface area contributed by atoms with Gasteiger partial charge in [0.1, 0.15) is 19.5 Å². The molecule has 2 aliphatic rings. The van der Waals surface area contributed by atoms with Crippen LogP contribution < -0.4 is 16.0 Å². The van der Waals surface area contributed by atoms with Gasteiger partial charge in [-0.15, -0.1) is 11.8 Å². The number of carboxylic acids is 2. The Kier molecular flexibility index (Phi) is 24.9. The van der Waals surface area contributed by atoms with Gasteiger partial charge in [0.2, 0.25) is 29.5 Å². The number of ether oxygens (including phenoxy) is 2. The number of hydrogen-bond acceptors (Lipinski definition) is 16. The highest BCUT2D eigenvalue weighted by Crippen LogP contribution is 2.25. The van der Waals surface area contributed by atoms with Crippen molar-refractivity contribution in [2.24, 2.45) is 5.92 Å². The number of carboxylic acid groups (broad SMARTS) is 2. The third kappa shape index (κ3) is 20.9. The molecule has 5 N–H and O–H groups in total. The second-order valence-electron chi connectivity index (χ2n) is 14.5. The summed E-state index contributed by atoms with van der Waals surface area (Å²) in [6.45, 7) is 6.96. The molecule has 0 spiro atoms. The van der Waals surface area contributed by atoms with Crippen LogP contribution in [0.4, 0.5) is 0 Å². The highest BCUT2D eigenvalue weighted by atomic mass is 32.2. The lowest BCUT2D eigenvalue weighted by atomic mass is 10.1. The number of rotatable bonds is 27. The van der Waals surface area contributed by atoms with Crippen LogP contribution >= 0.6 is 11.8 Å². The number of thioether (sulfide) groups is 1. The van der Waals surface area contributed by atoms with Crippen LogP contribution in [0.25, 0.3) is 0 Å². The third-order valence-electron chi connectivity index (χ3n) is 9.76. The van der Waals surface area contributed by atoms with Crippen LogP contribution in [-0.4, -0.2) is 205 Å². The van der Waals surface area contributed by atoms with E-state index >= 15 is 0 Å². The van der Waals surface area contributed by atoms with E-state index in [0.717, 1.165) is 24.2 Å². The van der Waals surface area contributed by atoms with E-state index in [1.54, 1.807) is 19.6 Å². The molecule has 2 atom stereocenters. The van der Waals surface area contributed by atoms with E-state index in [-0.39, 0.29) is 115 Å². The SMILES string of the molecule is CC(C)C(=O)NCCCCCNC(=O)CCSC1CC(=O)N(CCNC(=O)CCC(C(=O)O)N2CCN(COC=O)CCN(COC=O)CCN(CC(=O)O)CC2)C1=O. The largest absolute Gasteiger partial charge is 0.480 e. The Morgan fingerprint density at radius 1 is 0.763 bits per heavy atom. The Labute approximate surface area is 349 Å². The summed E-state index contributed by atoms with van der Waals surface area (Å²) in [5.74, 6) is -3.37. The molecule has 0 radical (unpaired) electrons. The summed E-state index contributed by atoms with van der Waals surface area (Å²) < 4.78 is 9.86. The fourth-order valence-corrected chi connectivity index (χ4v) is 7.46. The van der Waals surface area contributed by atoms with Crippen molar-refractivity contribution in [3.05, 3.63) is 0 Å². The predicted molar refractivity (Wildman–Crippen MR) is 213 cm³/mol. The minimum Gasteiger partial charge on any atom is -0.480 e. The number of carbonyl (C=O) groups is 9. The van der Waals surface area contributed by atoms with Crippen molar-refractivity contribution in [3.63, 3.8) is 0 Å². The summed E-state index contributed by atoms with van der Waals surface area (Å²) in [6.07, 6.45) is 2.33. The molecule has 2 saturated heterocycles. The van der Waals surface area contributed by atoms with Gasteiger partial charge in [-0.05, 0) is 25.7 Å². The molecule has 0 saturated carbocycles. The molecule has 21 nitrogen and oxygen atoms in total. The molecule has 0 bridgehead atoms. The van der Waals surface area contributed by atoms with Crippen LogP contribution in [0, 0.1) is 5.92 Å². The molecule has 2 heterocycles. The molecule has 334 valence electrons. The number of amides is 5.